The molecule has 0 saturated heterocycles. The Morgan fingerprint density at radius 1 is 0.963 bits per heavy atom. The molecule has 1 aromatic heterocycles. The van der Waals surface area contributed by atoms with Crippen molar-refractivity contribution in [3.05, 3.63) is 59.1 Å². The lowest BCUT2D eigenvalue weighted by atomic mass is 9.93. The predicted octanol–water partition coefficient (Wildman–Crippen LogP) is 4.70. The SMILES string of the molecule is CCOC(=O)C(C(=O)OCC)c1c(-c2ccc(Cl)cc2)[nH]c2ccccc12. The van der Waals surface area contributed by atoms with Gasteiger partial charge in [0.05, 0.1) is 18.9 Å². The number of carbonyl (C=O) groups is 2. The highest BCUT2D eigenvalue weighted by Gasteiger charge is 2.36. The molecule has 1 N–H and O–H groups in total. The molecular formula is C21H20ClNO4. The van der Waals surface area contributed by atoms with Gasteiger partial charge in [0.25, 0.3) is 0 Å². The number of H-pyrrole nitrogens is 1. The van der Waals surface area contributed by atoms with Gasteiger partial charge in [0.2, 0.25) is 0 Å². The number of aromatic amines is 1. The van der Waals surface area contributed by atoms with Crippen LogP contribution in [0, 0.1) is 0 Å². The fraction of sp³-hybridized carbons (Fsp3) is 0.238. The lowest BCUT2D eigenvalue weighted by molar-refractivity contribution is -0.156. The number of ether oxygens (including phenoxy) is 2. The lowest BCUT2D eigenvalue weighted by Crippen LogP contribution is -2.26. The molecule has 0 aliphatic carbocycles. The molecule has 0 spiro atoms. The Morgan fingerprint density at radius 3 is 2.15 bits per heavy atom. The topological polar surface area (TPSA) is 68.4 Å². The van der Waals surface area contributed by atoms with E-state index in [1.165, 1.54) is 0 Å². The summed E-state index contributed by atoms with van der Waals surface area (Å²) in [5.74, 6) is -2.43. The first kappa shape index (κ1) is 19.0. The second-order valence-electron chi connectivity index (χ2n) is 5.90. The molecule has 0 aliphatic rings. The summed E-state index contributed by atoms with van der Waals surface area (Å²) in [4.78, 5) is 28.7. The van der Waals surface area contributed by atoms with Crippen LogP contribution in [0.3, 0.4) is 0 Å². The first-order chi connectivity index (χ1) is 13.1. The van der Waals surface area contributed by atoms with E-state index in [1.807, 2.05) is 36.4 Å². The van der Waals surface area contributed by atoms with Gasteiger partial charge in [-0.3, -0.25) is 9.59 Å². The standard InChI is InChI=1S/C21H20ClNO4/c1-3-26-20(24)18(21(25)27-4-2)17-15-7-5-6-8-16(15)23-19(17)13-9-11-14(22)12-10-13/h5-12,18,23H,3-4H2,1-2H3. The first-order valence-corrected chi connectivity index (χ1v) is 9.14. The number of para-hydroxylation sites is 1. The molecule has 3 aromatic rings. The van der Waals surface area contributed by atoms with Crippen molar-refractivity contribution in [2.24, 2.45) is 0 Å². The Hall–Kier alpha value is -2.79. The minimum Gasteiger partial charge on any atom is -0.465 e. The van der Waals surface area contributed by atoms with Gasteiger partial charge in [0, 0.05) is 21.5 Å². The Labute approximate surface area is 162 Å². The molecule has 1 heterocycles. The summed E-state index contributed by atoms with van der Waals surface area (Å²) in [7, 11) is 0. The third-order valence-electron chi connectivity index (χ3n) is 4.21. The van der Waals surface area contributed by atoms with Gasteiger partial charge < -0.3 is 14.5 Å². The van der Waals surface area contributed by atoms with Crippen molar-refractivity contribution in [3.8, 4) is 11.3 Å². The number of nitrogens with one attached hydrogen (secondary N) is 1. The quantitative estimate of drug-likeness (QED) is 0.493. The minimum atomic E-state index is -1.17. The Kier molecular flexibility index (Phi) is 5.81. The van der Waals surface area contributed by atoms with Crippen molar-refractivity contribution in [1.29, 1.82) is 0 Å². The fourth-order valence-corrected chi connectivity index (χ4v) is 3.22. The summed E-state index contributed by atoms with van der Waals surface area (Å²) in [6.07, 6.45) is 0. The van der Waals surface area contributed by atoms with Crippen molar-refractivity contribution in [2.75, 3.05) is 13.2 Å². The van der Waals surface area contributed by atoms with Crippen LogP contribution in [-0.4, -0.2) is 30.1 Å². The van der Waals surface area contributed by atoms with E-state index in [0.29, 0.717) is 16.3 Å². The first-order valence-electron chi connectivity index (χ1n) is 8.76. The molecule has 0 aliphatic heterocycles. The molecule has 3 rings (SSSR count). The van der Waals surface area contributed by atoms with Gasteiger partial charge >= 0.3 is 11.9 Å². The molecule has 0 fully saturated rings. The summed E-state index contributed by atoms with van der Waals surface area (Å²) < 4.78 is 10.4. The van der Waals surface area contributed by atoms with Crippen molar-refractivity contribution in [2.45, 2.75) is 19.8 Å². The summed E-state index contributed by atoms with van der Waals surface area (Å²) in [6, 6.07) is 14.7. The monoisotopic (exact) mass is 385 g/mol. The van der Waals surface area contributed by atoms with E-state index in [0.717, 1.165) is 16.5 Å². The average Bonchev–Trinajstić information content (AvgIpc) is 3.02. The number of benzene rings is 2. The molecule has 2 aromatic carbocycles. The van der Waals surface area contributed by atoms with Gasteiger partial charge in [-0.2, -0.15) is 0 Å². The number of esters is 2. The third-order valence-corrected chi connectivity index (χ3v) is 4.46. The van der Waals surface area contributed by atoms with Crippen LogP contribution in [0.4, 0.5) is 0 Å². The lowest BCUT2D eigenvalue weighted by Gasteiger charge is -2.16. The van der Waals surface area contributed by atoms with Crippen LogP contribution in [-0.2, 0) is 19.1 Å². The second-order valence-corrected chi connectivity index (χ2v) is 6.34. The van der Waals surface area contributed by atoms with Crippen LogP contribution in [0.1, 0.15) is 25.3 Å². The van der Waals surface area contributed by atoms with Gasteiger partial charge in [-0.25, -0.2) is 0 Å². The Bertz CT molecular complexity index is 944. The zero-order chi connectivity index (χ0) is 19.4. The number of halogens is 1. The van der Waals surface area contributed by atoms with E-state index < -0.39 is 17.9 Å². The summed E-state index contributed by atoms with van der Waals surface area (Å²) in [5, 5.41) is 1.37. The maximum Gasteiger partial charge on any atom is 0.324 e. The van der Waals surface area contributed by atoms with Crippen LogP contribution in [0.15, 0.2) is 48.5 Å². The molecular weight excluding hydrogens is 366 g/mol. The van der Waals surface area contributed by atoms with Gasteiger partial charge in [0.1, 0.15) is 0 Å². The highest BCUT2D eigenvalue weighted by molar-refractivity contribution is 6.30. The van der Waals surface area contributed by atoms with E-state index in [2.05, 4.69) is 4.98 Å². The van der Waals surface area contributed by atoms with Crippen molar-refractivity contribution in [3.63, 3.8) is 0 Å². The number of hydrogen-bond acceptors (Lipinski definition) is 4. The number of rotatable bonds is 6. The Balaban J connectivity index is 2.25. The van der Waals surface area contributed by atoms with Crippen LogP contribution in [0.25, 0.3) is 22.2 Å². The highest BCUT2D eigenvalue weighted by Crippen LogP contribution is 2.37. The normalized spacial score (nSPS) is 11.0. The van der Waals surface area contributed by atoms with Gasteiger partial charge in [-0.1, -0.05) is 41.9 Å². The number of hydrogen-bond donors (Lipinski definition) is 1. The summed E-state index contributed by atoms with van der Waals surface area (Å²) in [5.41, 5.74) is 2.84. The average molecular weight is 386 g/mol. The third kappa shape index (κ3) is 3.83. The molecule has 6 heteroatoms. The van der Waals surface area contributed by atoms with E-state index >= 15 is 0 Å². The minimum absolute atomic E-state index is 0.174. The number of aromatic nitrogens is 1. The maximum atomic E-state index is 12.7. The largest absolute Gasteiger partial charge is 0.465 e. The molecule has 27 heavy (non-hydrogen) atoms. The molecule has 5 nitrogen and oxygen atoms in total. The van der Waals surface area contributed by atoms with Gasteiger partial charge in [-0.15, -0.1) is 0 Å². The molecule has 0 atom stereocenters. The molecule has 0 bridgehead atoms. The summed E-state index contributed by atoms with van der Waals surface area (Å²) >= 11 is 6.01. The van der Waals surface area contributed by atoms with Crippen molar-refractivity contribution in [1.82, 2.24) is 4.98 Å². The zero-order valence-electron chi connectivity index (χ0n) is 15.1. The Morgan fingerprint density at radius 2 is 1.56 bits per heavy atom. The number of carbonyl (C=O) groups excluding carboxylic acids is 2. The highest BCUT2D eigenvalue weighted by atomic mass is 35.5. The van der Waals surface area contributed by atoms with E-state index in [9.17, 15) is 9.59 Å². The molecule has 0 amide bonds. The summed E-state index contributed by atoms with van der Waals surface area (Å²) in [6.45, 7) is 3.76. The zero-order valence-corrected chi connectivity index (χ0v) is 15.9. The van der Waals surface area contributed by atoms with E-state index in [4.69, 9.17) is 21.1 Å². The second kappa shape index (κ2) is 8.27. The number of fused-ring (bicyclic) bond motifs is 1. The molecule has 0 saturated carbocycles. The maximum absolute atomic E-state index is 12.7. The smallest absolute Gasteiger partial charge is 0.324 e. The van der Waals surface area contributed by atoms with Crippen LogP contribution in [0.2, 0.25) is 5.02 Å². The fourth-order valence-electron chi connectivity index (χ4n) is 3.09. The van der Waals surface area contributed by atoms with Crippen molar-refractivity contribution < 1.29 is 19.1 Å². The van der Waals surface area contributed by atoms with Gasteiger partial charge in [-0.05, 0) is 37.6 Å². The van der Waals surface area contributed by atoms with Crippen LogP contribution >= 0.6 is 11.6 Å². The van der Waals surface area contributed by atoms with Crippen LogP contribution in [0.5, 0.6) is 0 Å². The van der Waals surface area contributed by atoms with Crippen molar-refractivity contribution >= 4 is 34.4 Å². The molecule has 0 radical (unpaired) electrons. The molecule has 140 valence electrons. The van der Waals surface area contributed by atoms with Crippen LogP contribution < -0.4 is 0 Å². The predicted molar refractivity (Wildman–Crippen MR) is 105 cm³/mol. The van der Waals surface area contributed by atoms with E-state index in [1.54, 1.807) is 26.0 Å². The molecule has 0 unspecified atom stereocenters. The van der Waals surface area contributed by atoms with E-state index in [-0.39, 0.29) is 13.2 Å². The van der Waals surface area contributed by atoms with Gasteiger partial charge in [0.15, 0.2) is 5.92 Å².